The topological polar surface area (TPSA) is 61.4 Å². The smallest absolute Gasteiger partial charge is 0.238 e. The van der Waals surface area contributed by atoms with Crippen molar-refractivity contribution in [1.82, 2.24) is 4.90 Å². The van der Waals surface area contributed by atoms with E-state index in [2.05, 4.69) is 10.6 Å². The van der Waals surface area contributed by atoms with Crippen LogP contribution in [0, 0.1) is 6.92 Å². The summed E-state index contributed by atoms with van der Waals surface area (Å²) in [6, 6.07) is 10.2. The van der Waals surface area contributed by atoms with Gasteiger partial charge in [-0.05, 0) is 49.9 Å². The van der Waals surface area contributed by atoms with Crippen molar-refractivity contribution in [2.75, 3.05) is 30.8 Å². The number of carbonyl (C=O) groups excluding carboxylic acids is 2. The molecule has 2 aromatic carbocycles. The molecule has 0 radical (unpaired) electrons. The Morgan fingerprint density at radius 2 is 1.54 bits per heavy atom. The molecule has 0 unspecified atom stereocenters. The van der Waals surface area contributed by atoms with Crippen LogP contribution in [0.2, 0.25) is 15.1 Å². The van der Waals surface area contributed by atoms with Crippen LogP contribution >= 0.6 is 34.8 Å². The van der Waals surface area contributed by atoms with E-state index in [1.165, 1.54) is 0 Å². The Morgan fingerprint density at radius 3 is 2.12 bits per heavy atom. The molecule has 5 nitrogen and oxygen atoms in total. The molecule has 26 heavy (non-hydrogen) atoms. The van der Waals surface area contributed by atoms with Crippen LogP contribution in [-0.4, -0.2) is 36.9 Å². The third-order valence-corrected chi connectivity index (χ3v) is 4.38. The van der Waals surface area contributed by atoms with Gasteiger partial charge in [0.15, 0.2) is 0 Å². The van der Waals surface area contributed by atoms with Gasteiger partial charge < -0.3 is 10.6 Å². The maximum Gasteiger partial charge on any atom is 0.238 e. The molecule has 0 aliphatic carbocycles. The Kier molecular flexibility index (Phi) is 7.29. The zero-order valence-corrected chi connectivity index (χ0v) is 16.5. The molecule has 0 aliphatic rings. The second kappa shape index (κ2) is 9.24. The summed E-state index contributed by atoms with van der Waals surface area (Å²) >= 11 is 17.9. The average Bonchev–Trinajstić information content (AvgIpc) is 2.53. The maximum atomic E-state index is 12.1. The number of hydrogen-bond donors (Lipinski definition) is 2. The largest absolute Gasteiger partial charge is 0.325 e. The van der Waals surface area contributed by atoms with E-state index in [-0.39, 0.29) is 24.9 Å². The van der Waals surface area contributed by atoms with Crippen molar-refractivity contribution in [1.29, 1.82) is 0 Å². The zero-order valence-electron chi connectivity index (χ0n) is 14.3. The number of aryl methyl sites for hydroxylation is 1. The number of likely N-dealkylation sites (N-methyl/N-ethyl adjacent to an activating group) is 1. The summed E-state index contributed by atoms with van der Waals surface area (Å²) in [4.78, 5) is 25.9. The van der Waals surface area contributed by atoms with E-state index in [0.717, 1.165) is 5.56 Å². The van der Waals surface area contributed by atoms with Gasteiger partial charge in [0.25, 0.3) is 0 Å². The minimum Gasteiger partial charge on any atom is -0.325 e. The number of rotatable bonds is 6. The lowest BCUT2D eigenvalue weighted by atomic mass is 10.2. The van der Waals surface area contributed by atoms with Crippen LogP contribution in [-0.2, 0) is 9.59 Å². The number of para-hydroxylation sites is 1. The van der Waals surface area contributed by atoms with E-state index in [9.17, 15) is 9.59 Å². The van der Waals surface area contributed by atoms with Gasteiger partial charge in [-0.25, -0.2) is 0 Å². The van der Waals surface area contributed by atoms with Crippen molar-refractivity contribution in [2.45, 2.75) is 6.92 Å². The highest BCUT2D eigenvalue weighted by atomic mass is 35.5. The lowest BCUT2D eigenvalue weighted by Crippen LogP contribution is -2.36. The van der Waals surface area contributed by atoms with Crippen molar-refractivity contribution >= 4 is 58.0 Å². The lowest BCUT2D eigenvalue weighted by molar-refractivity contribution is -0.119. The maximum absolute atomic E-state index is 12.1. The average molecular weight is 415 g/mol. The molecule has 0 bridgehead atoms. The van der Waals surface area contributed by atoms with Gasteiger partial charge in [0.2, 0.25) is 11.8 Å². The number of carbonyl (C=O) groups is 2. The zero-order chi connectivity index (χ0) is 19.3. The molecule has 2 N–H and O–H groups in total. The standard InChI is InChI=1S/C18H18Cl3N3O2/c1-11-8-12(19)6-7-15(11)22-16(25)9-24(2)10-17(26)23-18-13(20)4-3-5-14(18)21/h3-8H,9-10H2,1-2H3,(H,22,25)(H,23,26). The van der Waals surface area contributed by atoms with E-state index in [1.807, 2.05) is 6.92 Å². The van der Waals surface area contributed by atoms with Crippen molar-refractivity contribution < 1.29 is 9.59 Å². The Bertz CT molecular complexity index is 807. The quantitative estimate of drug-likeness (QED) is 0.733. The molecule has 0 spiro atoms. The van der Waals surface area contributed by atoms with Crippen LogP contribution in [0.3, 0.4) is 0 Å². The van der Waals surface area contributed by atoms with Crippen molar-refractivity contribution in [3.05, 3.63) is 57.0 Å². The fourth-order valence-electron chi connectivity index (χ4n) is 2.30. The number of amides is 2. The Hall–Kier alpha value is -1.79. The van der Waals surface area contributed by atoms with Crippen LogP contribution in [0.4, 0.5) is 11.4 Å². The molecule has 2 amide bonds. The molecule has 0 fully saturated rings. The summed E-state index contributed by atoms with van der Waals surface area (Å²) in [7, 11) is 1.67. The minimum atomic E-state index is -0.321. The molecular formula is C18H18Cl3N3O2. The van der Waals surface area contributed by atoms with Gasteiger partial charge >= 0.3 is 0 Å². The fraction of sp³-hybridized carbons (Fsp3) is 0.222. The first-order chi connectivity index (χ1) is 12.3. The Morgan fingerprint density at radius 1 is 0.962 bits per heavy atom. The molecule has 0 atom stereocenters. The van der Waals surface area contributed by atoms with Gasteiger partial charge in [0.1, 0.15) is 0 Å². The number of hydrogen-bond acceptors (Lipinski definition) is 3. The predicted molar refractivity (Wildman–Crippen MR) is 107 cm³/mol. The van der Waals surface area contributed by atoms with Gasteiger partial charge in [0.05, 0.1) is 28.8 Å². The molecule has 2 aromatic rings. The van der Waals surface area contributed by atoms with Gasteiger partial charge in [-0.1, -0.05) is 40.9 Å². The molecule has 0 saturated heterocycles. The number of benzene rings is 2. The summed E-state index contributed by atoms with van der Waals surface area (Å²) < 4.78 is 0. The van der Waals surface area contributed by atoms with Crippen molar-refractivity contribution in [3.8, 4) is 0 Å². The Balaban J connectivity index is 1.88. The van der Waals surface area contributed by atoms with E-state index < -0.39 is 0 Å². The second-order valence-corrected chi connectivity index (χ2v) is 7.08. The lowest BCUT2D eigenvalue weighted by Gasteiger charge is -2.17. The van der Waals surface area contributed by atoms with E-state index in [1.54, 1.807) is 48.3 Å². The molecule has 0 aliphatic heterocycles. The van der Waals surface area contributed by atoms with E-state index in [0.29, 0.717) is 26.4 Å². The number of halogens is 3. The van der Waals surface area contributed by atoms with Crippen LogP contribution in [0.15, 0.2) is 36.4 Å². The number of nitrogens with one attached hydrogen (secondary N) is 2. The van der Waals surface area contributed by atoms with Crippen molar-refractivity contribution in [3.63, 3.8) is 0 Å². The fourth-order valence-corrected chi connectivity index (χ4v) is 3.02. The number of anilines is 2. The normalized spacial score (nSPS) is 10.7. The third kappa shape index (κ3) is 5.88. The summed E-state index contributed by atoms with van der Waals surface area (Å²) in [5, 5.41) is 6.76. The highest BCUT2D eigenvalue weighted by Crippen LogP contribution is 2.29. The first-order valence-corrected chi connectivity index (χ1v) is 8.88. The first-order valence-electron chi connectivity index (χ1n) is 7.74. The molecule has 138 valence electrons. The summed E-state index contributed by atoms with van der Waals surface area (Å²) in [6.07, 6.45) is 0. The molecule has 2 rings (SSSR count). The van der Waals surface area contributed by atoms with Gasteiger partial charge in [-0.15, -0.1) is 0 Å². The Labute approximate surface area is 167 Å². The molecule has 0 heterocycles. The predicted octanol–water partition coefficient (Wildman–Crippen LogP) is 4.46. The molecule has 0 saturated carbocycles. The van der Waals surface area contributed by atoms with Crippen LogP contribution in [0.25, 0.3) is 0 Å². The summed E-state index contributed by atoms with van der Waals surface area (Å²) in [5.41, 5.74) is 1.90. The summed E-state index contributed by atoms with van der Waals surface area (Å²) in [6.45, 7) is 1.91. The highest BCUT2D eigenvalue weighted by molar-refractivity contribution is 6.39. The molecule has 8 heteroatoms. The minimum absolute atomic E-state index is 0.00850. The van der Waals surface area contributed by atoms with Crippen molar-refractivity contribution in [2.24, 2.45) is 0 Å². The van der Waals surface area contributed by atoms with Gasteiger partial charge in [-0.2, -0.15) is 0 Å². The molecule has 0 aromatic heterocycles. The SMILES string of the molecule is Cc1cc(Cl)ccc1NC(=O)CN(C)CC(=O)Nc1c(Cl)cccc1Cl. The van der Waals surface area contributed by atoms with Gasteiger partial charge in [-0.3, -0.25) is 14.5 Å². The number of nitrogens with zero attached hydrogens (tertiary/aromatic N) is 1. The van der Waals surface area contributed by atoms with Crippen LogP contribution in [0.5, 0.6) is 0 Å². The second-order valence-electron chi connectivity index (χ2n) is 5.82. The first kappa shape index (κ1) is 20.5. The van der Waals surface area contributed by atoms with Crippen LogP contribution < -0.4 is 10.6 Å². The monoisotopic (exact) mass is 413 g/mol. The van der Waals surface area contributed by atoms with Gasteiger partial charge in [0, 0.05) is 10.7 Å². The highest BCUT2D eigenvalue weighted by Gasteiger charge is 2.14. The third-order valence-electron chi connectivity index (χ3n) is 3.52. The van der Waals surface area contributed by atoms with E-state index >= 15 is 0 Å². The van der Waals surface area contributed by atoms with E-state index in [4.69, 9.17) is 34.8 Å². The summed E-state index contributed by atoms with van der Waals surface area (Å²) in [5.74, 6) is -0.556. The molecular weight excluding hydrogens is 397 g/mol. The van der Waals surface area contributed by atoms with Crippen LogP contribution in [0.1, 0.15) is 5.56 Å².